The van der Waals surface area contributed by atoms with Crippen LogP contribution in [-0.2, 0) is 22.4 Å². The zero-order valence-corrected chi connectivity index (χ0v) is 18.6. The highest BCUT2D eigenvalue weighted by Gasteiger charge is 2.35. The van der Waals surface area contributed by atoms with Crippen molar-refractivity contribution in [1.82, 2.24) is 5.32 Å². The number of carbonyl (C=O) groups is 2. The molecule has 1 aliphatic carbocycles. The number of carboxylic acids is 1. The molecule has 2 unspecified atom stereocenters. The predicted molar refractivity (Wildman–Crippen MR) is 127 cm³/mol. The third-order valence-corrected chi connectivity index (χ3v) is 7.12. The Morgan fingerprint density at radius 3 is 2.50 bits per heavy atom. The van der Waals surface area contributed by atoms with E-state index in [1.54, 1.807) is 0 Å². The van der Waals surface area contributed by atoms with Gasteiger partial charge < -0.3 is 10.4 Å². The SMILES string of the molecule is O=C1Nc2ccccc2CC(Cc2ccccc2)C1N[C@@H](CCC1CCCCC1)C(=O)O. The number of aliphatic carboxylic acids is 1. The van der Waals surface area contributed by atoms with Crippen molar-refractivity contribution in [2.24, 2.45) is 11.8 Å². The molecule has 0 radical (unpaired) electrons. The molecule has 2 aromatic carbocycles. The van der Waals surface area contributed by atoms with Crippen LogP contribution in [-0.4, -0.2) is 29.1 Å². The number of amides is 1. The van der Waals surface area contributed by atoms with Gasteiger partial charge in [-0.1, -0.05) is 80.6 Å². The highest BCUT2D eigenvalue weighted by Crippen LogP contribution is 2.30. The summed E-state index contributed by atoms with van der Waals surface area (Å²) in [6, 6.07) is 16.8. The van der Waals surface area contributed by atoms with Crippen LogP contribution in [0, 0.1) is 11.8 Å². The van der Waals surface area contributed by atoms with Crippen LogP contribution >= 0.6 is 0 Å². The van der Waals surface area contributed by atoms with Crippen molar-refractivity contribution in [3.8, 4) is 0 Å². The summed E-state index contributed by atoms with van der Waals surface area (Å²) in [7, 11) is 0. The molecule has 1 amide bonds. The molecular formula is C27H34N2O3. The molecule has 2 aliphatic rings. The monoisotopic (exact) mass is 434 g/mol. The minimum Gasteiger partial charge on any atom is -0.480 e. The maximum Gasteiger partial charge on any atom is 0.320 e. The lowest BCUT2D eigenvalue weighted by Gasteiger charge is -2.29. The highest BCUT2D eigenvalue weighted by molar-refractivity contribution is 5.97. The molecular weight excluding hydrogens is 400 g/mol. The molecule has 1 saturated carbocycles. The second-order valence-electron chi connectivity index (χ2n) is 9.42. The van der Waals surface area contributed by atoms with E-state index in [4.69, 9.17) is 0 Å². The largest absolute Gasteiger partial charge is 0.480 e. The summed E-state index contributed by atoms with van der Waals surface area (Å²) in [5.41, 5.74) is 3.08. The van der Waals surface area contributed by atoms with Gasteiger partial charge in [0.05, 0.1) is 6.04 Å². The van der Waals surface area contributed by atoms with Crippen molar-refractivity contribution in [1.29, 1.82) is 0 Å². The fraction of sp³-hybridized carbons (Fsp3) is 0.481. The number of rotatable bonds is 8. The summed E-state index contributed by atoms with van der Waals surface area (Å²) in [6.07, 6.45) is 9.09. The van der Waals surface area contributed by atoms with E-state index in [-0.39, 0.29) is 11.8 Å². The molecule has 5 heteroatoms. The first kappa shape index (κ1) is 22.5. The molecule has 32 heavy (non-hydrogen) atoms. The van der Waals surface area contributed by atoms with Crippen molar-refractivity contribution in [2.45, 2.75) is 69.9 Å². The van der Waals surface area contributed by atoms with Gasteiger partial charge in [0.25, 0.3) is 0 Å². The molecule has 4 rings (SSSR count). The first-order valence-corrected chi connectivity index (χ1v) is 12.0. The Hall–Kier alpha value is -2.66. The average Bonchev–Trinajstić information content (AvgIpc) is 2.93. The van der Waals surface area contributed by atoms with E-state index >= 15 is 0 Å². The van der Waals surface area contributed by atoms with E-state index in [1.807, 2.05) is 42.5 Å². The van der Waals surface area contributed by atoms with Crippen molar-refractivity contribution >= 4 is 17.6 Å². The second kappa shape index (κ2) is 10.8. The number of benzene rings is 2. The lowest BCUT2D eigenvalue weighted by Crippen LogP contribution is -2.52. The molecule has 1 heterocycles. The normalized spacial score (nSPS) is 22.4. The van der Waals surface area contributed by atoms with E-state index in [0.29, 0.717) is 12.3 Å². The van der Waals surface area contributed by atoms with E-state index in [1.165, 1.54) is 32.1 Å². The fourth-order valence-corrected chi connectivity index (χ4v) is 5.34. The van der Waals surface area contributed by atoms with Crippen LogP contribution in [0.25, 0.3) is 0 Å². The van der Waals surface area contributed by atoms with Gasteiger partial charge >= 0.3 is 5.97 Å². The van der Waals surface area contributed by atoms with Crippen molar-refractivity contribution in [2.75, 3.05) is 5.32 Å². The van der Waals surface area contributed by atoms with E-state index in [2.05, 4.69) is 22.8 Å². The van der Waals surface area contributed by atoms with Gasteiger partial charge in [0.2, 0.25) is 5.91 Å². The van der Waals surface area contributed by atoms with Gasteiger partial charge in [-0.25, -0.2) is 0 Å². The molecule has 0 spiro atoms. The van der Waals surface area contributed by atoms with Gasteiger partial charge in [-0.2, -0.15) is 0 Å². The first-order chi connectivity index (χ1) is 15.6. The van der Waals surface area contributed by atoms with Crippen LogP contribution in [0.4, 0.5) is 5.69 Å². The Kier molecular flexibility index (Phi) is 7.59. The average molecular weight is 435 g/mol. The number of nitrogens with one attached hydrogen (secondary N) is 2. The van der Waals surface area contributed by atoms with Gasteiger partial charge in [-0.15, -0.1) is 0 Å². The van der Waals surface area contributed by atoms with E-state index in [0.717, 1.165) is 36.1 Å². The fourth-order valence-electron chi connectivity index (χ4n) is 5.34. The Bertz CT molecular complexity index is 908. The Morgan fingerprint density at radius 1 is 1.03 bits per heavy atom. The van der Waals surface area contributed by atoms with Gasteiger partial charge in [0.1, 0.15) is 6.04 Å². The summed E-state index contributed by atoms with van der Waals surface area (Å²) in [4.78, 5) is 25.4. The molecule has 0 saturated heterocycles. The Balaban J connectivity index is 1.53. The van der Waals surface area contributed by atoms with E-state index in [9.17, 15) is 14.7 Å². The van der Waals surface area contributed by atoms with Crippen molar-refractivity contribution in [3.05, 3.63) is 65.7 Å². The zero-order valence-electron chi connectivity index (χ0n) is 18.6. The maximum absolute atomic E-state index is 13.3. The standard InChI is InChI=1S/C27H34N2O3/c30-26-25(28-24(27(31)32)16-15-19-9-3-1-4-10-19)22(17-20-11-5-2-6-12-20)18-21-13-7-8-14-23(21)29-26/h2,5-8,11-14,19,22,24-25,28H,1,3-4,9-10,15-18H2,(H,29,30)(H,31,32)/t22?,24-,25?/m0/s1. The lowest BCUT2D eigenvalue weighted by molar-refractivity contribution is -0.140. The maximum atomic E-state index is 13.3. The molecule has 170 valence electrons. The molecule has 3 atom stereocenters. The topological polar surface area (TPSA) is 78.4 Å². The summed E-state index contributed by atoms with van der Waals surface area (Å²) in [5.74, 6) is -0.425. The van der Waals surface area contributed by atoms with Crippen LogP contribution in [0.1, 0.15) is 56.1 Å². The smallest absolute Gasteiger partial charge is 0.320 e. The molecule has 0 bridgehead atoms. The zero-order chi connectivity index (χ0) is 22.3. The molecule has 1 fully saturated rings. The quantitative estimate of drug-likeness (QED) is 0.557. The highest BCUT2D eigenvalue weighted by atomic mass is 16.4. The Labute approximate surface area is 190 Å². The summed E-state index contributed by atoms with van der Waals surface area (Å²) < 4.78 is 0. The van der Waals surface area contributed by atoms with Gasteiger partial charge in [-0.3, -0.25) is 14.9 Å². The van der Waals surface area contributed by atoms with Crippen LogP contribution in [0.15, 0.2) is 54.6 Å². The van der Waals surface area contributed by atoms with E-state index < -0.39 is 18.1 Å². The van der Waals surface area contributed by atoms with Crippen molar-refractivity contribution < 1.29 is 14.7 Å². The molecule has 3 N–H and O–H groups in total. The van der Waals surface area contributed by atoms with Crippen LogP contribution in [0.5, 0.6) is 0 Å². The molecule has 5 nitrogen and oxygen atoms in total. The number of para-hydroxylation sites is 1. The van der Waals surface area contributed by atoms with Crippen LogP contribution < -0.4 is 10.6 Å². The number of hydrogen-bond donors (Lipinski definition) is 3. The number of hydrogen-bond acceptors (Lipinski definition) is 3. The molecule has 2 aromatic rings. The summed E-state index contributed by atoms with van der Waals surface area (Å²) in [6.45, 7) is 0. The van der Waals surface area contributed by atoms with Crippen LogP contribution in [0.3, 0.4) is 0 Å². The second-order valence-corrected chi connectivity index (χ2v) is 9.42. The van der Waals surface area contributed by atoms with Gasteiger partial charge in [0, 0.05) is 5.69 Å². The number of anilines is 1. The van der Waals surface area contributed by atoms with Gasteiger partial charge in [0.15, 0.2) is 0 Å². The molecule has 0 aromatic heterocycles. The molecule has 1 aliphatic heterocycles. The minimum atomic E-state index is -0.867. The summed E-state index contributed by atoms with van der Waals surface area (Å²) >= 11 is 0. The predicted octanol–water partition coefficient (Wildman–Crippen LogP) is 4.81. The number of fused-ring (bicyclic) bond motifs is 1. The van der Waals surface area contributed by atoms with Crippen LogP contribution in [0.2, 0.25) is 0 Å². The van der Waals surface area contributed by atoms with Crippen molar-refractivity contribution in [3.63, 3.8) is 0 Å². The Morgan fingerprint density at radius 2 is 1.75 bits per heavy atom. The third kappa shape index (κ3) is 5.77. The first-order valence-electron chi connectivity index (χ1n) is 12.0. The summed E-state index contributed by atoms with van der Waals surface area (Å²) in [5, 5.41) is 16.3. The number of carboxylic acid groups (broad SMARTS) is 1. The van der Waals surface area contributed by atoms with Gasteiger partial charge in [-0.05, 0) is 54.7 Å². The lowest BCUT2D eigenvalue weighted by atomic mass is 9.84. The minimum absolute atomic E-state index is 0.0300. The third-order valence-electron chi connectivity index (χ3n) is 7.12. The number of carbonyl (C=O) groups excluding carboxylic acids is 1.